The lowest BCUT2D eigenvalue weighted by Crippen LogP contribution is -2.04. The number of anilines is 1. The van der Waals surface area contributed by atoms with Gasteiger partial charge in [0.15, 0.2) is 0 Å². The van der Waals surface area contributed by atoms with Crippen LogP contribution in [0.1, 0.15) is 11.1 Å². The summed E-state index contributed by atoms with van der Waals surface area (Å²) in [6, 6.07) is 12.7. The molecule has 3 rings (SSSR count). The minimum absolute atomic E-state index is 0.106. The molecule has 28 heavy (non-hydrogen) atoms. The second kappa shape index (κ2) is 7.97. The average Bonchev–Trinajstić information content (AvgIpc) is 2.69. The Morgan fingerprint density at radius 3 is 2.39 bits per heavy atom. The number of hydrogen-bond donors (Lipinski definition) is 1. The predicted molar refractivity (Wildman–Crippen MR) is 112 cm³/mol. The fraction of sp³-hybridized carbons (Fsp3) is 0.143. The van der Waals surface area contributed by atoms with E-state index in [1.165, 1.54) is 0 Å². The topological polar surface area (TPSA) is 81.2 Å². The van der Waals surface area contributed by atoms with Gasteiger partial charge in [-0.1, -0.05) is 23.2 Å². The predicted octanol–water partition coefficient (Wildman–Crippen LogP) is 5.50. The number of methoxy groups -OCH3 is 2. The third kappa shape index (κ3) is 3.45. The Bertz CT molecular complexity index is 1110. The Balaban J connectivity index is 2.39. The molecule has 7 heteroatoms. The second-order valence-electron chi connectivity index (χ2n) is 6.02. The normalized spacial score (nSPS) is 10.4. The number of benzene rings is 2. The number of nitrogens with zero attached hydrogens (tertiary/aromatic N) is 2. The summed E-state index contributed by atoms with van der Waals surface area (Å²) in [5, 5.41) is 10.7. The van der Waals surface area contributed by atoms with Crippen LogP contribution in [-0.4, -0.2) is 19.2 Å². The SMILES string of the molecule is COc1ccc(OC)c(-c2c(C)c(-c3ccc(Cl)cc3Cl)nc(N)c2C#N)c1. The molecule has 0 radical (unpaired) electrons. The lowest BCUT2D eigenvalue weighted by Gasteiger charge is -2.18. The van der Waals surface area contributed by atoms with Gasteiger partial charge in [0.1, 0.15) is 28.9 Å². The van der Waals surface area contributed by atoms with Gasteiger partial charge < -0.3 is 15.2 Å². The fourth-order valence-corrected chi connectivity index (χ4v) is 3.60. The van der Waals surface area contributed by atoms with E-state index in [4.69, 9.17) is 38.4 Å². The van der Waals surface area contributed by atoms with Crippen molar-refractivity contribution in [1.82, 2.24) is 4.98 Å². The molecule has 2 N–H and O–H groups in total. The van der Waals surface area contributed by atoms with Crippen molar-refractivity contribution in [3.8, 4) is 40.0 Å². The molecule has 0 fully saturated rings. The van der Waals surface area contributed by atoms with Crippen molar-refractivity contribution in [3.05, 3.63) is 57.6 Å². The van der Waals surface area contributed by atoms with Crippen LogP contribution in [0.15, 0.2) is 36.4 Å². The Morgan fingerprint density at radius 1 is 1.04 bits per heavy atom. The van der Waals surface area contributed by atoms with Gasteiger partial charge in [0.25, 0.3) is 0 Å². The molecular weight excluding hydrogens is 397 g/mol. The molecule has 1 heterocycles. The highest BCUT2D eigenvalue weighted by atomic mass is 35.5. The molecule has 142 valence electrons. The van der Waals surface area contributed by atoms with Crippen LogP contribution in [0.25, 0.3) is 22.4 Å². The summed E-state index contributed by atoms with van der Waals surface area (Å²) < 4.78 is 10.9. The monoisotopic (exact) mass is 413 g/mol. The molecule has 0 bridgehead atoms. The third-order valence-electron chi connectivity index (χ3n) is 4.44. The van der Waals surface area contributed by atoms with Crippen LogP contribution in [0.4, 0.5) is 5.82 Å². The molecule has 0 aliphatic carbocycles. The van der Waals surface area contributed by atoms with Crippen molar-refractivity contribution in [2.75, 3.05) is 20.0 Å². The maximum Gasteiger partial charge on any atom is 0.142 e. The van der Waals surface area contributed by atoms with Crippen LogP contribution in [-0.2, 0) is 0 Å². The Labute approximate surface area is 173 Å². The molecule has 1 aromatic heterocycles. The highest BCUT2D eigenvalue weighted by Gasteiger charge is 2.22. The molecule has 0 atom stereocenters. The zero-order valence-corrected chi connectivity index (χ0v) is 17.0. The van der Waals surface area contributed by atoms with Crippen molar-refractivity contribution in [2.45, 2.75) is 6.92 Å². The van der Waals surface area contributed by atoms with Gasteiger partial charge in [-0.2, -0.15) is 5.26 Å². The number of hydrogen-bond acceptors (Lipinski definition) is 5. The molecule has 0 saturated heterocycles. The standard InChI is InChI=1S/C21H17Cl2N3O2/c1-11-19(15-9-13(27-2)5-7-18(15)28-3)16(10-24)21(25)26-20(11)14-6-4-12(22)8-17(14)23/h4-9H,1-3H3,(H2,25,26). The second-order valence-corrected chi connectivity index (χ2v) is 6.87. The van der Waals surface area contributed by atoms with Gasteiger partial charge in [-0.3, -0.25) is 0 Å². The van der Waals surface area contributed by atoms with E-state index in [0.717, 1.165) is 5.56 Å². The number of nitrogen functional groups attached to an aromatic ring is 1. The van der Waals surface area contributed by atoms with E-state index < -0.39 is 0 Å². The highest BCUT2D eigenvalue weighted by Crippen LogP contribution is 2.42. The first-order valence-electron chi connectivity index (χ1n) is 8.29. The smallest absolute Gasteiger partial charge is 0.142 e. The summed E-state index contributed by atoms with van der Waals surface area (Å²) in [7, 11) is 3.14. The van der Waals surface area contributed by atoms with E-state index in [0.29, 0.717) is 43.9 Å². The molecule has 0 aliphatic heterocycles. The molecule has 0 amide bonds. The highest BCUT2D eigenvalue weighted by molar-refractivity contribution is 6.36. The van der Waals surface area contributed by atoms with E-state index in [1.54, 1.807) is 50.6 Å². The molecule has 3 aromatic rings. The third-order valence-corrected chi connectivity index (χ3v) is 4.99. The summed E-state index contributed by atoms with van der Waals surface area (Å²) >= 11 is 12.4. The number of nitrogens with two attached hydrogens (primary N) is 1. The van der Waals surface area contributed by atoms with Crippen LogP contribution >= 0.6 is 23.2 Å². The van der Waals surface area contributed by atoms with Crippen molar-refractivity contribution in [3.63, 3.8) is 0 Å². The zero-order valence-electron chi connectivity index (χ0n) is 15.5. The minimum atomic E-state index is 0.106. The van der Waals surface area contributed by atoms with Crippen molar-refractivity contribution >= 4 is 29.0 Å². The van der Waals surface area contributed by atoms with Gasteiger partial charge >= 0.3 is 0 Å². The molecule has 0 aliphatic rings. The molecular formula is C21H17Cl2N3O2. The fourth-order valence-electron chi connectivity index (χ4n) is 3.10. The first-order chi connectivity index (χ1) is 13.4. The number of halogens is 2. The minimum Gasteiger partial charge on any atom is -0.497 e. The maximum absolute atomic E-state index is 9.74. The quantitative estimate of drug-likeness (QED) is 0.610. The van der Waals surface area contributed by atoms with E-state index >= 15 is 0 Å². The Morgan fingerprint density at radius 2 is 1.79 bits per heavy atom. The first-order valence-corrected chi connectivity index (χ1v) is 9.04. The molecule has 2 aromatic carbocycles. The van der Waals surface area contributed by atoms with Crippen LogP contribution in [0, 0.1) is 18.3 Å². The van der Waals surface area contributed by atoms with Crippen LogP contribution in [0.5, 0.6) is 11.5 Å². The molecule has 0 unspecified atom stereocenters. The molecule has 0 saturated carbocycles. The summed E-state index contributed by atoms with van der Waals surface area (Å²) in [4.78, 5) is 4.44. The summed E-state index contributed by atoms with van der Waals surface area (Å²) in [6.45, 7) is 1.86. The van der Waals surface area contributed by atoms with Gasteiger partial charge in [0.2, 0.25) is 0 Å². The summed E-state index contributed by atoms with van der Waals surface area (Å²) in [5.74, 6) is 1.31. The number of rotatable bonds is 4. The molecule has 5 nitrogen and oxygen atoms in total. The van der Waals surface area contributed by atoms with Crippen molar-refractivity contribution in [1.29, 1.82) is 5.26 Å². The van der Waals surface area contributed by atoms with E-state index in [9.17, 15) is 5.26 Å². The largest absolute Gasteiger partial charge is 0.497 e. The number of nitriles is 1. The van der Waals surface area contributed by atoms with E-state index in [1.807, 2.05) is 6.92 Å². The van der Waals surface area contributed by atoms with Crippen molar-refractivity contribution in [2.24, 2.45) is 0 Å². The van der Waals surface area contributed by atoms with Crippen LogP contribution in [0.3, 0.4) is 0 Å². The van der Waals surface area contributed by atoms with Gasteiger partial charge in [0.05, 0.1) is 24.9 Å². The summed E-state index contributed by atoms with van der Waals surface area (Å²) in [5.41, 5.74) is 9.67. The number of aromatic nitrogens is 1. The van der Waals surface area contributed by atoms with Gasteiger partial charge in [-0.15, -0.1) is 0 Å². The Kier molecular flexibility index (Phi) is 5.64. The number of pyridine rings is 1. The zero-order chi connectivity index (χ0) is 20.4. The summed E-state index contributed by atoms with van der Waals surface area (Å²) in [6.07, 6.45) is 0. The van der Waals surface area contributed by atoms with Gasteiger partial charge in [-0.05, 0) is 48.9 Å². The van der Waals surface area contributed by atoms with E-state index in [-0.39, 0.29) is 11.4 Å². The van der Waals surface area contributed by atoms with Gasteiger partial charge in [0, 0.05) is 21.7 Å². The van der Waals surface area contributed by atoms with Crippen LogP contribution in [0.2, 0.25) is 10.0 Å². The lowest BCUT2D eigenvalue weighted by molar-refractivity contribution is 0.404. The van der Waals surface area contributed by atoms with Gasteiger partial charge in [-0.25, -0.2) is 4.98 Å². The Hall–Kier alpha value is -2.94. The molecule has 0 spiro atoms. The first kappa shape index (κ1) is 19.8. The van der Waals surface area contributed by atoms with E-state index in [2.05, 4.69) is 11.1 Å². The van der Waals surface area contributed by atoms with Crippen LogP contribution < -0.4 is 15.2 Å². The number of ether oxygens (including phenoxy) is 2. The maximum atomic E-state index is 9.74. The average molecular weight is 414 g/mol. The van der Waals surface area contributed by atoms with Crippen molar-refractivity contribution < 1.29 is 9.47 Å². The lowest BCUT2D eigenvalue weighted by atomic mass is 9.92.